The number of nitrogens with two attached hydrogens (primary N) is 1. The molecule has 0 aromatic carbocycles. The van der Waals surface area contributed by atoms with Crippen molar-refractivity contribution in [2.45, 2.75) is 77.1 Å². The van der Waals surface area contributed by atoms with Gasteiger partial charge in [0, 0.05) is 47.5 Å². The van der Waals surface area contributed by atoms with Crippen LogP contribution in [0.2, 0.25) is 0 Å². The average molecular weight is 540 g/mol. The summed E-state index contributed by atoms with van der Waals surface area (Å²) in [6.07, 6.45) is 8.08. The van der Waals surface area contributed by atoms with Crippen molar-refractivity contribution in [3.8, 4) is 0 Å². The maximum absolute atomic E-state index is 12.5. The zero-order valence-electron chi connectivity index (χ0n) is 18.8. The van der Waals surface area contributed by atoms with Crippen molar-refractivity contribution in [2.24, 2.45) is 0 Å². The highest BCUT2D eigenvalue weighted by molar-refractivity contribution is 14.1. The highest BCUT2D eigenvalue weighted by Gasteiger charge is 2.35. The predicted octanol–water partition coefficient (Wildman–Crippen LogP) is 4.04. The molecule has 4 rings (SSSR count). The number of hydrogen-bond acceptors (Lipinski definition) is 6. The van der Waals surface area contributed by atoms with Crippen molar-refractivity contribution in [3.63, 3.8) is 0 Å². The number of anilines is 1. The van der Waals surface area contributed by atoms with E-state index in [1.54, 1.807) is 6.33 Å². The van der Waals surface area contributed by atoms with Gasteiger partial charge in [-0.3, -0.25) is 4.90 Å². The summed E-state index contributed by atoms with van der Waals surface area (Å²) in [5.41, 5.74) is 6.57. The number of nitrogens with zero attached hydrogens (tertiary/aromatic N) is 5. The molecule has 2 aromatic rings. The van der Waals surface area contributed by atoms with Crippen molar-refractivity contribution in [3.05, 3.63) is 16.1 Å². The largest absolute Gasteiger partial charge is 0.444 e. The smallest absolute Gasteiger partial charge is 0.410 e. The fourth-order valence-electron chi connectivity index (χ4n) is 4.95. The van der Waals surface area contributed by atoms with Crippen LogP contribution in [0.1, 0.15) is 59.4 Å². The van der Waals surface area contributed by atoms with Crippen LogP contribution in [0.3, 0.4) is 0 Å². The highest BCUT2D eigenvalue weighted by Crippen LogP contribution is 2.36. The molecule has 1 aliphatic carbocycles. The molecule has 8 nitrogen and oxygen atoms in total. The van der Waals surface area contributed by atoms with Crippen LogP contribution in [0.15, 0.2) is 12.5 Å². The standard InChI is InChI=1S/C22H33IN6O2/c1-14-11-27(9-10-28(14)21(30)31-22(2,3)4)15-5-7-16(8-6-15)29-12-17(23)18-19(24)25-13-26-20(18)29/h12-16H,5-11H2,1-4H3,(H2,24,25,26)/t14-,15-,16-/m0/s1. The minimum atomic E-state index is -0.456. The quantitative estimate of drug-likeness (QED) is 0.579. The Labute approximate surface area is 197 Å². The Hall–Kier alpha value is -1.62. The number of ether oxygens (including phenoxy) is 1. The normalized spacial score (nSPS) is 25.7. The summed E-state index contributed by atoms with van der Waals surface area (Å²) in [6.45, 7) is 10.4. The van der Waals surface area contributed by atoms with Crippen molar-refractivity contribution in [2.75, 3.05) is 25.4 Å². The molecule has 9 heteroatoms. The minimum Gasteiger partial charge on any atom is -0.444 e. The number of carbonyl (C=O) groups is 1. The summed E-state index contributed by atoms with van der Waals surface area (Å²) in [6, 6.07) is 1.17. The zero-order chi connectivity index (χ0) is 22.3. The maximum atomic E-state index is 12.5. The molecule has 31 heavy (non-hydrogen) atoms. The van der Waals surface area contributed by atoms with Crippen LogP contribution in [0.25, 0.3) is 11.0 Å². The minimum absolute atomic E-state index is 0.163. The van der Waals surface area contributed by atoms with Crippen LogP contribution in [0.5, 0.6) is 0 Å². The molecular weight excluding hydrogens is 507 g/mol. The second-order valence-electron chi connectivity index (χ2n) is 9.82. The topological polar surface area (TPSA) is 89.5 Å². The van der Waals surface area contributed by atoms with Crippen molar-refractivity contribution in [1.82, 2.24) is 24.3 Å². The molecule has 2 aliphatic rings. The number of amides is 1. The fraction of sp³-hybridized carbons (Fsp3) is 0.682. The lowest BCUT2D eigenvalue weighted by Gasteiger charge is -2.45. The van der Waals surface area contributed by atoms with E-state index < -0.39 is 5.60 Å². The number of rotatable bonds is 2. The van der Waals surface area contributed by atoms with Gasteiger partial charge in [-0.1, -0.05) is 0 Å². The van der Waals surface area contributed by atoms with E-state index in [-0.39, 0.29) is 12.1 Å². The second-order valence-corrected chi connectivity index (χ2v) is 11.0. The first-order valence-corrected chi connectivity index (χ1v) is 12.2. The molecule has 2 N–H and O–H groups in total. The van der Waals surface area contributed by atoms with Crippen LogP contribution < -0.4 is 5.73 Å². The van der Waals surface area contributed by atoms with Crippen molar-refractivity contribution < 1.29 is 9.53 Å². The van der Waals surface area contributed by atoms with Gasteiger partial charge in [0.05, 0.1) is 5.39 Å². The Morgan fingerprint density at radius 3 is 2.48 bits per heavy atom. The molecule has 0 unspecified atom stereocenters. The van der Waals surface area contributed by atoms with E-state index in [9.17, 15) is 4.79 Å². The first-order chi connectivity index (χ1) is 14.6. The third-order valence-corrected chi connectivity index (χ3v) is 7.27. The zero-order valence-corrected chi connectivity index (χ0v) is 21.0. The lowest BCUT2D eigenvalue weighted by Crippen LogP contribution is -2.57. The van der Waals surface area contributed by atoms with Gasteiger partial charge in [-0.25, -0.2) is 14.8 Å². The number of aromatic nitrogens is 3. The van der Waals surface area contributed by atoms with Crippen molar-refractivity contribution in [1.29, 1.82) is 0 Å². The van der Waals surface area contributed by atoms with Gasteiger partial charge in [0.2, 0.25) is 0 Å². The van der Waals surface area contributed by atoms with Gasteiger partial charge in [0.25, 0.3) is 0 Å². The molecule has 0 bridgehead atoms. The molecule has 2 aromatic heterocycles. The molecule has 0 spiro atoms. The SMILES string of the molecule is C[C@H]1CN([C@H]2CC[C@H](n3cc(I)c4c(N)ncnc43)CC2)CCN1C(=O)OC(C)(C)C. The number of nitrogen functional groups attached to an aromatic ring is 1. The van der Waals surface area contributed by atoms with Gasteiger partial charge in [-0.05, 0) is 76.0 Å². The molecule has 1 amide bonds. The molecule has 1 aliphatic heterocycles. The summed E-state index contributed by atoms with van der Waals surface area (Å²) in [7, 11) is 0. The van der Waals surface area contributed by atoms with Gasteiger partial charge in [-0.2, -0.15) is 0 Å². The lowest BCUT2D eigenvalue weighted by atomic mass is 9.89. The van der Waals surface area contributed by atoms with Crippen molar-refractivity contribution >= 4 is 45.5 Å². The molecule has 1 saturated carbocycles. The predicted molar refractivity (Wildman–Crippen MR) is 130 cm³/mol. The Morgan fingerprint density at radius 2 is 1.84 bits per heavy atom. The van der Waals surface area contributed by atoms with E-state index in [1.807, 2.05) is 25.7 Å². The molecule has 2 fully saturated rings. The summed E-state index contributed by atoms with van der Waals surface area (Å²) in [4.78, 5) is 25.6. The highest BCUT2D eigenvalue weighted by atomic mass is 127. The Kier molecular flexibility index (Phi) is 6.35. The summed E-state index contributed by atoms with van der Waals surface area (Å²) < 4.78 is 8.99. The average Bonchev–Trinajstić information content (AvgIpc) is 3.04. The van der Waals surface area contributed by atoms with Gasteiger partial charge in [0.15, 0.2) is 0 Å². The molecule has 0 radical (unpaired) electrons. The van der Waals surface area contributed by atoms with Crippen LogP contribution in [0, 0.1) is 3.57 Å². The number of fused-ring (bicyclic) bond motifs is 1. The summed E-state index contributed by atoms with van der Waals surface area (Å²) in [5, 5.41) is 0.970. The van der Waals surface area contributed by atoms with Crippen LogP contribution in [-0.4, -0.2) is 67.7 Å². The maximum Gasteiger partial charge on any atom is 0.410 e. The first kappa shape index (κ1) is 22.6. The van der Waals surface area contributed by atoms with Crippen LogP contribution in [0.4, 0.5) is 10.6 Å². The van der Waals surface area contributed by atoms with E-state index >= 15 is 0 Å². The molecule has 1 saturated heterocycles. The van der Waals surface area contributed by atoms with E-state index in [4.69, 9.17) is 10.5 Å². The van der Waals surface area contributed by atoms with Gasteiger partial charge >= 0.3 is 6.09 Å². The van der Waals surface area contributed by atoms with Gasteiger partial charge < -0.3 is 19.9 Å². The number of piperazine rings is 1. The number of halogens is 1. The molecular formula is C22H33IN6O2. The van der Waals surface area contributed by atoms with E-state index in [1.165, 1.54) is 0 Å². The van der Waals surface area contributed by atoms with Crippen LogP contribution >= 0.6 is 22.6 Å². The van der Waals surface area contributed by atoms with E-state index in [0.29, 0.717) is 17.9 Å². The Bertz CT molecular complexity index is 947. The molecule has 3 heterocycles. The fourth-order valence-corrected chi connectivity index (χ4v) is 5.77. The van der Waals surface area contributed by atoms with E-state index in [0.717, 1.165) is 59.9 Å². The lowest BCUT2D eigenvalue weighted by molar-refractivity contribution is -0.00809. The van der Waals surface area contributed by atoms with E-state index in [2.05, 4.69) is 55.1 Å². The number of hydrogen-bond donors (Lipinski definition) is 1. The second kappa shape index (κ2) is 8.73. The molecule has 1 atom stereocenters. The third kappa shape index (κ3) is 4.76. The summed E-state index contributed by atoms with van der Waals surface area (Å²) in [5.74, 6) is 0.554. The first-order valence-electron chi connectivity index (χ1n) is 11.1. The Balaban J connectivity index is 1.36. The van der Waals surface area contributed by atoms with Crippen LogP contribution in [-0.2, 0) is 4.74 Å². The number of carbonyl (C=O) groups excluding carboxylic acids is 1. The third-order valence-electron chi connectivity index (χ3n) is 6.46. The Morgan fingerprint density at radius 1 is 1.16 bits per heavy atom. The summed E-state index contributed by atoms with van der Waals surface area (Å²) >= 11 is 2.33. The van der Waals surface area contributed by atoms with Gasteiger partial charge in [0.1, 0.15) is 23.4 Å². The monoisotopic (exact) mass is 540 g/mol. The van der Waals surface area contributed by atoms with Gasteiger partial charge in [-0.15, -0.1) is 0 Å². The molecule has 170 valence electrons.